The summed E-state index contributed by atoms with van der Waals surface area (Å²) in [6, 6.07) is 10.4. The Bertz CT molecular complexity index is 523. The zero-order valence-electron chi connectivity index (χ0n) is 13.9. The van der Waals surface area contributed by atoms with Crippen molar-refractivity contribution in [2.45, 2.75) is 64.3 Å². The Balaban J connectivity index is 1.85. The Labute approximate surface area is 138 Å². The molecule has 4 nitrogen and oxygen atoms in total. The van der Waals surface area contributed by atoms with E-state index < -0.39 is 11.4 Å². The maximum Gasteiger partial charge on any atom is 0.310 e. The van der Waals surface area contributed by atoms with Gasteiger partial charge in [-0.2, -0.15) is 0 Å². The summed E-state index contributed by atoms with van der Waals surface area (Å²) in [5.41, 5.74) is 0.462. The van der Waals surface area contributed by atoms with Gasteiger partial charge < -0.3 is 10.4 Å². The number of carbonyl (C=O) groups is 2. The lowest BCUT2D eigenvalue weighted by Crippen LogP contribution is -2.44. The summed E-state index contributed by atoms with van der Waals surface area (Å²) in [5, 5.41) is 12.4. The van der Waals surface area contributed by atoms with E-state index in [2.05, 4.69) is 24.4 Å². The molecule has 0 spiro atoms. The summed E-state index contributed by atoms with van der Waals surface area (Å²) in [6.45, 7) is 2.10. The van der Waals surface area contributed by atoms with Gasteiger partial charge in [0.05, 0.1) is 5.41 Å². The minimum Gasteiger partial charge on any atom is -0.481 e. The first-order valence-electron chi connectivity index (χ1n) is 8.62. The predicted octanol–water partition coefficient (Wildman–Crippen LogP) is 3.55. The second-order valence-electron chi connectivity index (χ2n) is 6.69. The van der Waals surface area contributed by atoms with Crippen molar-refractivity contribution in [2.24, 2.45) is 5.41 Å². The van der Waals surface area contributed by atoms with Gasteiger partial charge in [0.15, 0.2) is 0 Å². The molecular weight excluding hydrogens is 290 g/mol. The van der Waals surface area contributed by atoms with Crippen LogP contribution in [0.5, 0.6) is 0 Å². The molecule has 23 heavy (non-hydrogen) atoms. The summed E-state index contributed by atoms with van der Waals surface area (Å²) in [4.78, 5) is 23.7. The van der Waals surface area contributed by atoms with E-state index in [-0.39, 0.29) is 18.4 Å². The van der Waals surface area contributed by atoms with E-state index in [9.17, 15) is 14.7 Å². The minimum atomic E-state index is -0.824. The van der Waals surface area contributed by atoms with Crippen LogP contribution in [0.1, 0.15) is 57.4 Å². The zero-order chi connectivity index (χ0) is 16.7. The number of nitrogens with one attached hydrogen (secondary N) is 1. The van der Waals surface area contributed by atoms with Crippen molar-refractivity contribution in [2.75, 3.05) is 0 Å². The normalized spacial score (nSPS) is 17.1. The molecule has 1 fully saturated rings. The van der Waals surface area contributed by atoms with Gasteiger partial charge in [-0.25, -0.2) is 0 Å². The van der Waals surface area contributed by atoms with Crippen molar-refractivity contribution in [3.8, 4) is 0 Å². The molecule has 1 aromatic carbocycles. The quantitative estimate of drug-likeness (QED) is 0.732. The van der Waals surface area contributed by atoms with E-state index in [0.717, 1.165) is 32.1 Å². The summed E-state index contributed by atoms with van der Waals surface area (Å²) in [7, 11) is 0. The van der Waals surface area contributed by atoms with Gasteiger partial charge >= 0.3 is 5.97 Å². The van der Waals surface area contributed by atoms with Crippen LogP contribution in [-0.4, -0.2) is 23.0 Å². The molecule has 2 rings (SSSR count). The van der Waals surface area contributed by atoms with Crippen LogP contribution in [0.25, 0.3) is 0 Å². The third kappa shape index (κ3) is 4.81. The Kier molecular flexibility index (Phi) is 6.20. The van der Waals surface area contributed by atoms with Gasteiger partial charge in [0.25, 0.3) is 0 Å². The summed E-state index contributed by atoms with van der Waals surface area (Å²) in [6.07, 6.45) is 6.03. The number of carbonyl (C=O) groups excluding carboxylic acids is 1. The van der Waals surface area contributed by atoms with Crippen molar-refractivity contribution in [3.05, 3.63) is 35.9 Å². The standard InChI is InChI=1S/C19H27NO3/c1-2-7-16(11-10-15-8-4-3-5-9-15)20-17(21)14-19(18(22)23)12-6-13-19/h3-5,8-9,16H,2,6-7,10-14H2,1H3,(H,20,21)(H,22,23). The molecule has 4 heteroatoms. The number of amides is 1. The predicted molar refractivity (Wildman–Crippen MR) is 90.1 cm³/mol. The Morgan fingerprint density at radius 2 is 1.91 bits per heavy atom. The number of aryl methyl sites for hydroxylation is 1. The lowest BCUT2D eigenvalue weighted by Gasteiger charge is -2.37. The van der Waals surface area contributed by atoms with E-state index in [4.69, 9.17) is 0 Å². The highest BCUT2D eigenvalue weighted by molar-refractivity contribution is 5.85. The second kappa shape index (κ2) is 8.14. The number of benzene rings is 1. The van der Waals surface area contributed by atoms with Gasteiger partial charge in [0.1, 0.15) is 0 Å². The lowest BCUT2D eigenvalue weighted by molar-refractivity contribution is -0.157. The summed E-state index contributed by atoms with van der Waals surface area (Å²) >= 11 is 0. The topological polar surface area (TPSA) is 66.4 Å². The van der Waals surface area contributed by atoms with Crippen LogP contribution in [-0.2, 0) is 16.0 Å². The molecule has 0 heterocycles. The number of carboxylic acids is 1. The van der Waals surface area contributed by atoms with Crippen LogP contribution >= 0.6 is 0 Å². The molecule has 1 aliphatic rings. The molecule has 126 valence electrons. The molecule has 1 aromatic rings. The van der Waals surface area contributed by atoms with E-state index >= 15 is 0 Å². The average Bonchev–Trinajstić information content (AvgIpc) is 2.49. The van der Waals surface area contributed by atoms with E-state index in [0.29, 0.717) is 12.8 Å². The molecule has 1 aliphatic carbocycles. The van der Waals surface area contributed by atoms with Gasteiger partial charge in [0, 0.05) is 12.5 Å². The molecule has 0 saturated heterocycles. The summed E-state index contributed by atoms with van der Waals surface area (Å²) in [5.74, 6) is -0.936. The van der Waals surface area contributed by atoms with Crippen LogP contribution in [0, 0.1) is 5.41 Å². The van der Waals surface area contributed by atoms with Gasteiger partial charge in [0.2, 0.25) is 5.91 Å². The van der Waals surface area contributed by atoms with Gasteiger partial charge in [-0.3, -0.25) is 9.59 Å². The fourth-order valence-electron chi connectivity index (χ4n) is 3.28. The molecule has 1 saturated carbocycles. The average molecular weight is 317 g/mol. The summed E-state index contributed by atoms with van der Waals surface area (Å²) < 4.78 is 0. The molecular formula is C19H27NO3. The molecule has 1 atom stereocenters. The van der Waals surface area contributed by atoms with Crippen LogP contribution in [0.15, 0.2) is 30.3 Å². The fourth-order valence-corrected chi connectivity index (χ4v) is 3.28. The number of hydrogen-bond donors (Lipinski definition) is 2. The fraction of sp³-hybridized carbons (Fsp3) is 0.579. The van der Waals surface area contributed by atoms with Crippen molar-refractivity contribution in [3.63, 3.8) is 0 Å². The number of hydrogen-bond acceptors (Lipinski definition) is 2. The van der Waals surface area contributed by atoms with Crippen molar-refractivity contribution in [1.29, 1.82) is 0 Å². The van der Waals surface area contributed by atoms with Gasteiger partial charge in [-0.1, -0.05) is 50.1 Å². The number of rotatable bonds is 9. The third-order valence-corrected chi connectivity index (χ3v) is 4.89. The van der Waals surface area contributed by atoms with Gasteiger partial charge in [-0.15, -0.1) is 0 Å². The van der Waals surface area contributed by atoms with Crippen molar-refractivity contribution >= 4 is 11.9 Å². The largest absolute Gasteiger partial charge is 0.481 e. The molecule has 1 amide bonds. The Hall–Kier alpha value is -1.84. The molecule has 0 radical (unpaired) electrons. The SMILES string of the molecule is CCCC(CCc1ccccc1)NC(=O)CC1(C(=O)O)CCC1. The maximum absolute atomic E-state index is 12.3. The Morgan fingerprint density at radius 1 is 1.22 bits per heavy atom. The first kappa shape index (κ1) is 17.5. The molecule has 0 aliphatic heterocycles. The zero-order valence-corrected chi connectivity index (χ0v) is 13.9. The molecule has 0 bridgehead atoms. The van der Waals surface area contributed by atoms with E-state index in [1.807, 2.05) is 18.2 Å². The Morgan fingerprint density at radius 3 is 2.43 bits per heavy atom. The number of aliphatic carboxylic acids is 1. The highest BCUT2D eigenvalue weighted by Crippen LogP contribution is 2.44. The maximum atomic E-state index is 12.3. The third-order valence-electron chi connectivity index (χ3n) is 4.89. The van der Waals surface area contributed by atoms with Crippen LogP contribution in [0.3, 0.4) is 0 Å². The van der Waals surface area contributed by atoms with Crippen LogP contribution in [0.4, 0.5) is 0 Å². The molecule has 1 unspecified atom stereocenters. The lowest BCUT2D eigenvalue weighted by atomic mass is 9.66. The number of carboxylic acid groups (broad SMARTS) is 1. The smallest absolute Gasteiger partial charge is 0.310 e. The van der Waals surface area contributed by atoms with E-state index in [1.165, 1.54) is 5.56 Å². The minimum absolute atomic E-state index is 0.112. The van der Waals surface area contributed by atoms with Gasteiger partial charge in [-0.05, 0) is 37.7 Å². The highest BCUT2D eigenvalue weighted by Gasteiger charge is 2.46. The first-order valence-corrected chi connectivity index (χ1v) is 8.62. The van der Waals surface area contributed by atoms with Crippen molar-refractivity contribution < 1.29 is 14.7 Å². The monoisotopic (exact) mass is 317 g/mol. The highest BCUT2D eigenvalue weighted by atomic mass is 16.4. The van der Waals surface area contributed by atoms with E-state index in [1.54, 1.807) is 0 Å². The van der Waals surface area contributed by atoms with Crippen molar-refractivity contribution in [1.82, 2.24) is 5.32 Å². The van der Waals surface area contributed by atoms with Crippen LogP contribution in [0.2, 0.25) is 0 Å². The molecule has 0 aromatic heterocycles. The second-order valence-corrected chi connectivity index (χ2v) is 6.69. The first-order chi connectivity index (χ1) is 11.1. The molecule has 2 N–H and O–H groups in total. The van der Waals surface area contributed by atoms with Crippen LogP contribution < -0.4 is 5.32 Å².